The molecule has 0 aliphatic carbocycles. The Kier molecular flexibility index (Phi) is 7.57. The zero-order valence-corrected chi connectivity index (χ0v) is 18.1. The lowest BCUT2D eigenvalue weighted by atomic mass is 10.1. The summed E-state index contributed by atoms with van der Waals surface area (Å²) in [5.74, 6) is 0.672. The molecule has 2 aromatic rings. The van der Waals surface area contributed by atoms with Crippen molar-refractivity contribution in [1.29, 1.82) is 0 Å². The first-order chi connectivity index (χ1) is 13.2. The van der Waals surface area contributed by atoms with Gasteiger partial charge in [-0.3, -0.25) is 9.59 Å². The smallest absolute Gasteiger partial charge is 0.256 e. The Hall–Kier alpha value is -2.41. The second-order valence-corrected chi connectivity index (χ2v) is 8.02. The topological polar surface area (TPSA) is 84.0 Å². The maximum absolute atomic E-state index is 12.7. The van der Waals surface area contributed by atoms with Crippen molar-refractivity contribution in [3.05, 3.63) is 46.9 Å². The van der Waals surface area contributed by atoms with Gasteiger partial charge in [0.05, 0.1) is 11.3 Å². The van der Waals surface area contributed by atoms with Crippen LogP contribution in [0.25, 0.3) is 0 Å². The number of aromatic nitrogens is 2. The summed E-state index contributed by atoms with van der Waals surface area (Å²) in [5, 5.41) is 6.48. The van der Waals surface area contributed by atoms with E-state index < -0.39 is 0 Å². The average molecular weight is 401 g/mol. The van der Waals surface area contributed by atoms with Gasteiger partial charge in [-0.05, 0) is 30.9 Å². The van der Waals surface area contributed by atoms with Gasteiger partial charge in [0, 0.05) is 24.1 Å². The third-order valence-corrected chi connectivity index (χ3v) is 4.89. The number of nitrogens with zero attached hydrogens (tertiary/aromatic N) is 2. The van der Waals surface area contributed by atoms with Crippen molar-refractivity contribution in [2.75, 3.05) is 11.6 Å². The predicted octanol–water partition coefficient (Wildman–Crippen LogP) is 4.15. The lowest BCUT2D eigenvalue weighted by molar-refractivity contribution is -0.118. The van der Waals surface area contributed by atoms with Crippen LogP contribution in [-0.4, -0.2) is 28.0 Å². The third-order valence-electron chi connectivity index (χ3n) is 4.21. The highest BCUT2D eigenvalue weighted by molar-refractivity contribution is 7.98. The van der Waals surface area contributed by atoms with Crippen molar-refractivity contribution >= 4 is 29.3 Å². The molecule has 0 radical (unpaired) electrons. The van der Waals surface area contributed by atoms with Crippen molar-refractivity contribution in [3.8, 4) is 0 Å². The number of rotatable bonds is 7. The molecule has 2 amide bonds. The molecular formula is C21H28N4O2S. The van der Waals surface area contributed by atoms with Crippen molar-refractivity contribution in [2.24, 2.45) is 5.92 Å². The van der Waals surface area contributed by atoms with E-state index in [0.717, 1.165) is 17.1 Å². The molecule has 0 atom stereocenters. The van der Waals surface area contributed by atoms with E-state index in [9.17, 15) is 9.59 Å². The first kappa shape index (κ1) is 21.9. The Bertz CT molecular complexity index is 848. The number of carbonyl (C=O) groups is 2. The van der Waals surface area contributed by atoms with Crippen LogP contribution < -0.4 is 10.6 Å². The molecule has 2 rings (SSSR count). The summed E-state index contributed by atoms with van der Waals surface area (Å²) < 4.78 is 0. The molecule has 0 saturated heterocycles. The number of carbonyl (C=O) groups excluding carboxylic acids is 2. The van der Waals surface area contributed by atoms with Crippen LogP contribution in [0, 0.1) is 12.8 Å². The summed E-state index contributed by atoms with van der Waals surface area (Å²) in [7, 11) is 0. The van der Waals surface area contributed by atoms with Gasteiger partial charge in [-0.2, -0.15) is 0 Å². The second kappa shape index (κ2) is 9.68. The maximum Gasteiger partial charge on any atom is 0.256 e. The average Bonchev–Trinajstić information content (AvgIpc) is 2.66. The Labute approximate surface area is 170 Å². The van der Waals surface area contributed by atoms with Crippen molar-refractivity contribution in [3.63, 3.8) is 0 Å². The molecule has 150 valence electrons. The Balaban J connectivity index is 2.07. The third kappa shape index (κ3) is 5.55. The van der Waals surface area contributed by atoms with Crippen molar-refractivity contribution in [2.45, 2.75) is 52.1 Å². The number of anilines is 1. The van der Waals surface area contributed by atoms with E-state index >= 15 is 0 Å². The van der Waals surface area contributed by atoms with Gasteiger partial charge < -0.3 is 10.6 Å². The summed E-state index contributed by atoms with van der Waals surface area (Å²) in [4.78, 5) is 33.5. The molecule has 0 aliphatic heterocycles. The van der Waals surface area contributed by atoms with E-state index in [1.165, 1.54) is 11.8 Å². The lowest BCUT2D eigenvalue weighted by Gasteiger charge is -2.14. The van der Waals surface area contributed by atoms with E-state index in [1.807, 2.05) is 65.1 Å². The SMILES string of the molecule is CSc1nc(C(C)C)nc(C)c1C(=O)NCc1ccc(NC(=O)C(C)C)cc1. The van der Waals surface area contributed by atoms with E-state index in [4.69, 9.17) is 0 Å². The van der Waals surface area contributed by atoms with Gasteiger partial charge in [-0.25, -0.2) is 9.97 Å². The fourth-order valence-corrected chi connectivity index (χ4v) is 3.13. The van der Waals surface area contributed by atoms with Crippen LogP contribution in [0.4, 0.5) is 5.69 Å². The maximum atomic E-state index is 12.7. The number of benzene rings is 1. The number of aryl methyl sites for hydroxylation is 1. The fourth-order valence-electron chi connectivity index (χ4n) is 2.50. The van der Waals surface area contributed by atoms with Crippen LogP contribution in [0.2, 0.25) is 0 Å². The molecule has 0 unspecified atom stereocenters. The molecule has 0 saturated carbocycles. The Morgan fingerprint density at radius 3 is 2.25 bits per heavy atom. The molecule has 0 aliphatic rings. The molecular weight excluding hydrogens is 372 g/mol. The van der Waals surface area contributed by atoms with Crippen LogP contribution in [0.3, 0.4) is 0 Å². The standard InChI is InChI=1S/C21H28N4O2S/c1-12(2)18-23-14(5)17(21(25-18)28-6)20(27)22-11-15-7-9-16(10-8-15)24-19(26)13(3)4/h7-10,12-13H,11H2,1-6H3,(H,22,27)(H,24,26). The van der Waals surface area contributed by atoms with Crippen LogP contribution in [0.15, 0.2) is 29.3 Å². The van der Waals surface area contributed by atoms with Gasteiger partial charge in [0.1, 0.15) is 10.9 Å². The quantitative estimate of drug-likeness (QED) is 0.539. The van der Waals surface area contributed by atoms with Crippen LogP contribution in [-0.2, 0) is 11.3 Å². The monoisotopic (exact) mass is 400 g/mol. The molecule has 1 aromatic carbocycles. The number of hydrogen-bond donors (Lipinski definition) is 2. The van der Waals surface area contributed by atoms with Gasteiger partial charge in [0.25, 0.3) is 5.91 Å². The van der Waals surface area contributed by atoms with E-state index in [1.54, 1.807) is 0 Å². The molecule has 0 spiro atoms. The predicted molar refractivity (Wildman–Crippen MR) is 114 cm³/mol. The van der Waals surface area contributed by atoms with E-state index in [2.05, 4.69) is 20.6 Å². The highest BCUT2D eigenvalue weighted by atomic mass is 32.2. The first-order valence-corrected chi connectivity index (χ1v) is 10.6. The van der Waals surface area contributed by atoms with E-state index in [0.29, 0.717) is 22.8 Å². The van der Waals surface area contributed by atoms with Gasteiger partial charge in [-0.15, -0.1) is 11.8 Å². The molecule has 0 bridgehead atoms. The van der Waals surface area contributed by atoms with Gasteiger partial charge in [0.15, 0.2) is 0 Å². The van der Waals surface area contributed by atoms with Crippen molar-refractivity contribution in [1.82, 2.24) is 15.3 Å². The Morgan fingerprint density at radius 1 is 1.07 bits per heavy atom. The minimum absolute atomic E-state index is 0.0223. The summed E-state index contributed by atoms with van der Waals surface area (Å²) in [5.41, 5.74) is 2.90. The highest BCUT2D eigenvalue weighted by Crippen LogP contribution is 2.23. The lowest BCUT2D eigenvalue weighted by Crippen LogP contribution is -2.25. The fraction of sp³-hybridized carbons (Fsp3) is 0.429. The Morgan fingerprint density at radius 2 is 1.71 bits per heavy atom. The first-order valence-electron chi connectivity index (χ1n) is 9.33. The molecule has 28 heavy (non-hydrogen) atoms. The molecule has 7 heteroatoms. The number of nitrogens with one attached hydrogen (secondary N) is 2. The molecule has 0 fully saturated rings. The number of amides is 2. The number of thioether (sulfide) groups is 1. The largest absolute Gasteiger partial charge is 0.348 e. The summed E-state index contributed by atoms with van der Waals surface area (Å²) in [6.45, 7) is 9.99. The molecule has 1 heterocycles. The van der Waals surface area contributed by atoms with Crippen LogP contribution >= 0.6 is 11.8 Å². The summed E-state index contributed by atoms with van der Waals surface area (Å²) >= 11 is 1.45. The zero-order chi connectivity index (χ0) is 20.8. The van der Waals surface area contributed by atoms with Crippen LogP contribution in [0.1, 0.15) is 61.1 Å². The van der Waals surface area contributed by atoms with Gasteiger partial charge in [-0.1, -0.05) is 39.8 Å². The zero-order valence-electron chi connectivity index (χ0n) is 17.3. The van der Waals surface area contributed by atoms with E-state index in [-0.39, 0.29) is 23.7 Å². The number of hydrogen-bond acceptors (Lipinski definition) is 5. The van der Waals surface area contributed by atoms with Gasteiger partial charge >= 0.3 is 0 Å². The second-order valence-electron chi connectivity index (χ2n) is 7.23. The van der Waals surface area contributed by atoms with Crippen LogP contribution in [0.5, 0.6) is 0 Å². The van der Waals surface area contributed by atoms with Gasteiger partial charge in [0.2, 0.25) is 5.91 Å². The van der Waals surface area contributed by atoms with Crippen molar-refractivity contribution < 1.29 is 9.59 Å². The molecule has 6 nitrogen and oxygen atoms in total. The highest BCUT2D eigenvalue weighted by Gasteiger charge is 2.19. The summed E-state index contributed by atoms with van der Waals surface area (Å²) in [6.07, 6.45) is 1.91. The molecule has 2 N–H and O–H groups in total. The minimum atomic E-state index is -0.186. The molecule has 1 aromatic heterocycles. The summed E-state index contributed by atoms with van der Waals surface area (Å²) in [6, 6.07) is 7.44. The normalized spacial score (nSPS) is 11.0. The minimum Gasteiger partial charge on any atom is -0.348 e.